The van der Waals surface area contributed by atoms with Gasteiger partial charge in [-0.15, -0.1) is 9.36 Å². The van der Waals surface area contributed by atoms with Crippen LogP contribution in [0, 0.1) is 0 Å². The SMILES string of the molecule is CCCCc1c[n+](Cc2ccc(OC)c(OC)c2)nn1C. The Morgan fingerprint density at radius 1 is 1.19 bits per heavy atom. The molecule has 0 fully saturated rings. The molecule has 2 aromatic rings. The van der Waals surface area contributed by atoms with Crippen LogP contribution in [0.15, 0.2) is 24.4 Å². The van der Waals surface area contributed by atoms with Crippen LogP contribution in [-0.2, 0) is 20.0 Å². The minimum absolute atomic E-state index is 0.723. The van der Waals surface area contributed by atoms with E-state index >= 15 is 0 Å². The van der Waals surface area contributed by atoms with Gasteiger partial charge in [0.1, 0.15) is 13.6 Å². The van der Waals surface area contributed by atoms with Gasteiger partial charge in [-0.25, -0.2) is 0 Å². The molecule has 0 saturated carbocycles. The molecular weight excluding hydrogens is 266 g/mol. The topological polar surface area (TPSA) is 40.2 Å². The molecule has 1 heterocycles. The van der Waals surface area contributed by atoms with Gasteiger partial charge in [-0.3, -0.25) is 0 Å². The summed E-state index contributed by atoms with van der Waals surface area (Å²) in [6, 6.07) is 5.96. The molecule has 0 bridgehead atoms. The minimum Gasteiger partial charge on any atom is -0.493 e. The molecule has 1 aromatic heterocycles. The molecule has 0 amide bonds. The van der Waals surface area contributed by atoms with Crippen LogP contribution < -0.4 is 14.2 Å². The second kappa shape index (κ2) is 7.11. The van der Waals surface area contributed by atoms with Crippen molar-refractivity contribution in [3.8, 4) is 11.5 Å². The van der Waals surface area contributed by atoms with Crippen molar-refractivity contribution in [2.45, 2.75) is 32.7 Å². The maximum atomic E-state index is 5.34. The third kappa shape index (κ3) is 3.74. The zero-order valence-corrected chi connectivity index (χ0v) is 13.3. The molecule has 114 valence electrons. The van der Waals surface area contributed by atoms with Gasteiger partial charge in [-0.2, -0.15) is 0 Å². The van der Waals surface area contributed by atoms with E-state index in [0.717, 1.165) is 30.0 Å². The summed E-state index contributed by atoms with van der Waals surface area (Å²) < 4.78 is 14.5. The Morgan fingerprint density at radius 3 is 2.62 bits per heavy atom. The molecular formula is C16H24N3O2+. The zero-order chi connectivity index (χ0) is 15.2. The molecule has 0 radical (unpaired) electrons. The second-order valence-corrected chi connectivity index (χ2v) is 5.12. The average Bonchev–Trinajstić information content (AvgIpc) is 2.84. The number of benzene rings is 1. The van der Waals surface area contributed by atoms with Gasteiger partial charge in [0.15, 0.2) is 23.4 Å². The van der Waals surface area contributed by atoms with E-state index in [9.17, 15) is 0 Å². The Hall–Kier alpha value is -2.04. The molecule has 21 heavy (non-hydrogen) atoms. The first-order valence-corrected chi connectivity index (χ1v) is 7.31. The average molecular weight is 290 g/mol. The van der Waals surface area contributed by atoms with Crippen LogP contribution in [0.2, 0.25) is 0 Å². The van der Waals surface area contributed by atoms with Gasteiger partial charge in [-0.05, 0) is 24.1 Å². The Labute approximate surface area is 126 Å². The highest BCUT2D eigenvalue weighted by atomic mass is 16.5. The Bertz CT molecular complexity index is 593. The lowest BCUT2D eigenvalue weighted by molar-refractivity contribution is -0.747. The number of hydrogen-bond donors (Lipinski definition) is 0. The molecule has 5 heteroatoms. The normalized spacial score (nSPS) is 10.7. The summed E-state index contributed by atoms with van der Waals surface area (Å²) in [5.74, 6) is 1.49. The first kappa shape index (κ1) is 15.4. The number of aryl methyl sites for hydroxylation is 2. The van der Waals surface area contributed by atoms with Crippen molar-refractivity contribution in [3.05, 3.63) is 35.7 Å². The van der Waals surface area contributed by atoms with Crippen LogP contribution in [0.25, 0.3) is 0 Å². The number of hydrogen-bond acceptors (Lipinski definition) is 3. The van der Waals surface area contributed by atoms with E-state index in [2.05, 4.69) is 18.3 Å². The summed E-state index contributed by atoms with van der Waals surface area (Å²) in [5, 5.41) is 4.52. The third-order valence-electron chi connectivity index (χ3n) is 3.54. The summed E-state index contributed by atoms with van der Waals surface area (Å²) >= 11 is 0. The molecule has 0 spiro atoms. The summed E-state index contributed by atoms with van der Waals surface area (Å²) in [6.45, 7) is 2.92. The monoisotopic (exact) mass is 290 g/mol. The fourth-order valence-electron chi connectivity index (χ4n) is 2.34. The van der Waals surface area contributed by atoms with E-state index < -0.39 is 0 Å². The Kier molecular flexibility index (Phi) is 5.20. The minimum atomic E-state index is 0.723. The first-order valence-electron chi connectivity index (χ1n) is 7.31. The van der Waals surface area contributed by atoms with Gasteiger partial charge >= 0.3 is 0 Å². The van der Waals surface area contributed by atoms with E-state index in [0.29, 0.717) is 0 Å². The fraction of sp³-hybridized carbons (Fsp3) is 0.500. The van der Waals surface area contributed by atoms with E-state index in [1.807, 2.05) is 34.6 Å². The predicted molar refractivity (Wildman–Crippen MR) is 80.7 cm³/mol. The van der Waals surface area contributed by atoms with E-state index in [1.165, 1.54) is 18.5 Å². The maximum Gasteiger partial charge on any atom is 0.167 e. The summed E-state index contributed by atoms with van der Waals surface area (Å²) in [5.41, 5.74) is 2.40. The van der Waals surface area contributed by atoms with Crippen molar-refractivity contribution >= 4 is 0 Å². The standard InChI is InChI=1S/C16H24N3O2/c1-5-6-7-14-12-19(17-18(14)2)11-13-8-9-15(20-3)16(10-13)21-4/h8-10,12H,5-7,11H2,1-4H3/q+1. The van der Waals surface area contributed by atoms with Gasteiger partial charge in [-0.1, -0.05) is 19.4 Å². The summed E-state index contributed by atoms with van der Waals surface area (Å²) in [6.07, 6.45) is 5.57. The van der Waals surface area contributed by atoms with Gasteiger partial charge in [0.25, 0.3) is 0 Å². The van der Waals surface area contributed by atoms with Gasteiger partial charge in [0.05, 0.1) is 19.4 Å². The number of methoxy groups -OCH3 is 2. The largest absolute Gasteiger partial charge is 0.493 e. The number of unbranched alkanes of at least 4 members (excludes halogenated alkanes) is 1. The lowest BCUT2D eigenvalue weighted by Gasteiger charge is -2.08. The molecule has 0 unspecified atom stereocenters. The van der Waals surface area contributed by atoms with Crippen LogP contribution in [0.4, 0.5) is 0 Å². The Morgan fingerprint density at radius 2 is 1.95 bits per heavy atom. The first-order chi connectivity index (χ1) is 10.2. The van der Waals surface area contributed by atoms with E-state index in [4.69, 9.17) is 9.47 Å². The zero-order valence-electron chi connectivity index (χ0n) is 13.3. The number of aromatic nitrogens is 3. The third-order valence-corrected chi connectivity index (χ3v) is 3.54. The predicted octanol–water partition coefficient (Wildman–Crippen LogP) is 2.12. The van der Waals surface area contributed by atoms with Crippen molar-refractivity contribution in [2.75, 3.05) is 14.2 Å². The van der Waals surface area contributed by atoms with Crippen LogP contribution >= 0.6 is 0 Å². The van der Waals surface area contributed by atoms with Crippen LogP contribution in [0.1, 0.15) is 31.0 Å². The van der Waals surface area contributed by atoms with E-state index in [-0.39, 0.29) is 0 Å². The highest BCUT2D eigenvalue weighted by Crippen LogP contribution is 2.27. The molecule has 1 aromatic carbocycles. The van der Waals surface area contributed by atoms with Crippen molar-refractivity contribution in [3.63, 3.8) is 0 Å². The van der Waals surface area contributed by atoms with Gasteiger partial charge in [0, 0.05) is 6.42 Å². The molecule has 0 aliphatic heterocycles. The molecule has 0 atom stereocenters. The quantitative estimate of drug-likeness (QED) is 0.733. The van der Waals surface area contributed by atoms with Crippen molar-refractivity contribution < 1.29 is 14.2 Å². The van der Waals surface area contributed by atoms with Crippen LogP contribution in [0.5, 0.6) is 11.5 Å². The van der Waals surface area contributed by atoms with E-state index in [1.54, 1.807) is 14.2 Å². The molecule has 0 aliphatic carbocycles. The summed E-state index contributed by atoms with van der Waals surface area (Å²) in [7, 11) is 5.29. The highest BCUT2D eigenvalue weighted by Gasteiger charge is 2.13. The highest BCUT2D eigenvalue weighted by molar-refractivity contribution is 5.42. The van der Waals surface area contributed by atoms with Crippen LogP contribution in [0.3, 0.4) is 0 Å². The molecule has 2 rings (SSSR count). The second-order valence-electron chi connectivity index (χ2n) is 5.12. The molecule has 0 N–H and O–H groups in total. The molecule has 5 nitrogen and oxygen atoms in total. The molecule has 0 aliphatic rings. The van der Waals surface area contributed by atoms with Crippen LogP contribution in [-0.4, -0.2) is 24.1 Å². The lowest BCUT2D eigenvalue weighted by Crippen LogP contribution is -2.36. The number of nitrogens with zero attached hydrogens (tertiary/aromatic N) is 3. The number of ether oxygens (including phenoxy) is 2. The number of rotatable bonds is 7. The lowest BCUT2D eigenvalue weighted by atomic mass is 10.2. The van der Waals surface area contributed by atoms with Crippen molar-refractivity contribution in [1.29, 1.82) is 0 Å². The Balaban J connectivity index is 2.14. The summed E-state index contributed by atoms with van der Waals surface area (Å²) in [4.78, 5) is 0. The van der Waals surface area contributed by atoms with Gasteiger partial charge < -0.3 is 9.47 Å². The fourth-order valence-corrected chi connectivity index (χ4v) is 2.34. The molecule has 0 saturated heterocycles. The smallest absolute Gasteiger partial charge is 0.167 e. The van der Waals surface area contributed by atoms with Gasteiger partial charge in [0.2, 0.25) is 0 Å². The maximum absolute atomic E-state index is 5.34. The van der Waals surface area contributed by atoms with Crippen molar-refractivity contribution in [2.24, 2.45) is 7.05 Å². The van der Waals surface area contributed by atoms with Crippen molar-refractivity contribution in [1.82, 2.24) is 9.90 Å².